The van der Waals surface area contributed by atoms with Crippen LogP contribution in [0.2, 0.25) is 0 Å². The number of aromatic nitrogens is 1. The molecule has 0 unspecified atom stereocenters. The van der Waals surface area contributed by atoms with E-state index in [1.165, 1.54) is 0 Å². The maximum atomic E-state index is 12.6. The number of halogens is 3. The molecule has 0 aliphatic rings. The second-order valence-electron chi connectivity index (χ2n) is 3.06. The zero-order chi connectivity index (χ0) is 12.3. The highest BCUT2D eigenvalue weighted by atomic mass is 79.9. The third-order valence-electron chi connectivity index (χ3n) is 1.94. The summed E-state index contributed by atoms with van der Waals surface area (Å²) in [4.78, 5) is 24.0. The molecule has 1 aromatic heterocycles. The number of H-pyrrole nitrogens is 1. The minimum Gasteiger partial charge on any atom is -0.481 e. The SMILES string of the molecule is O=C(O)Cc1cc(C(F)F)c(CBr)c(=O)[nH]1. The quantitative estimate of drug-likeness (QED) is 0.833. The zero-order valence-corrected chi connectivity index (χ0v) is 9.55. The zero-order valence-electron chi connectivity index (χ0n) is 7.97. The van der Waals surface area contributed by atoms with Gasteiger partial charge in [0.2, 0.25) is 0 Å². The van der Waals surface area contributed by atoms with Crippen molar-refractivity contribution in [3.63, 3.8) is 0 Å². The molecule has 1 aromatic rings. The van der Waals surface area contributed by atoms with Crippen LogP contribution in [0.15, 0.2) is 10.9 Å². The molecule has 0 atom stereocenters. The maximum absolute atomic E-state index is 12.6. The number of carboxylic acids is 1. The average Bonchev–Trinajstić information content (AvgIpc) is 2.15. The van der Waals surface area contributed by atoms with E-state index in [-0.39, 0.29) is 16.6 Å². The van der Waals surface area contributed by atoms with Gasteiger partial charge in [-0.15, -0.1) is 0 Å². The predicted octanol–water partition coefficient (Wildman–Crippen LogP) is 1.83. The van der Waals surface area contributed by atoms with Crippen LogP contribution in [0.5, 0.6) is 0 Å². The Hall–Kier alpha value is -1.24. The molecule has 0 bridgehead atoms. The number of carboxylic acid groups (broad SMARTS) is 1. The van der Waals surface area contributed by atoms with E-state index in [9.17, 15) is 18.4 Å². The van der Waals surface area contributed by atoms with Crippen LogP contribution in [0.25, 0.3) is 0 Å². The molecule has 1 rings (SSSR count). The van der Waals surface area contributed by atoms with Crippen LogP contribution in [-0.4, -0.2) is 16.1 Å². The van der Waals surface area contributed by atoms with Gasteiger partial charge in [-0.1, -0.05) is 15.9 Å². The van der Waals surface area contributed by atoms with Gasteiger partial charge in [0, 0.05) is 22.2 Å². The lowest BCUT2D eigenvalue weighted by Gasteiger charge is -2.07. The first-order valence-corrected chi connectivity index (χ1v) is 5.38. The Balaban J connectivity index is 3.28. The Kier molecular flexibility index (Phi) is 4.17. The highest BCUT2D eigenvalue weighted by molar-refractivity contribution is 9.08. The van der Waals surface area contributed by atoms with Crippen molar-refractivity contribution in [2.75, 3.05) is 0 Å². The van der Waals surface area contributed by atoms with Gasteiger partial charge in [0.25, 0.3) is 12.0 Å². The molecule has 0 aliphatic heterocycles. The summed E-state index contributed by atoms with van der Waals surface area (Å²) < 4.78 is 25.2. The molecular formula is C9H8BrF2NO3. The number of aliphatic carboxylic acids is 1. The fourth-order valence-corrected chi connectivity index (χ4v) is 1.83. The molecule has 88 valence electrons. The van der Waals surface area contributed by atoms with E-state index < -0.39 is 29.9 Å². The van der Waals surface area contributed by atoms with Crippen LogP contribution in [0.3, 0.4) is 0 Å². The summed E-state index contributed by atoms with van der Waals surface area (Å²) in [5, 5.41) is 8.49. The smallest absolute Gasteiger partial charge is 0.309 e. The van der Waals surface area contributed by atoms with E-state index in [1.807, 2.05) is 0 Å². The number of rotatable bonds is 4. The number of nitrogens with one attached hydrogen (secondary N) is 1. The fraction of sp³-hybridized carbons (Fsp3) is 0.333. The predicted molar refractivity (Wildman–Crippen MR) is 56.0 cm³/mol. The lowest BCUT2D eigenvalue weighted by atomic mass is 10.1. The summed E-state index contributed by atoms with van der Waals surface area (Å²) in [6.45, 7) is 0. The van der Waals surface area contributed by atoms with E-state index >= 15 is 0 Å². The highest BCUT2D eigenvalue weighted by Crippen LogP contribution is 2.22. The second kappa shape index (κ2) is 5.20. The van der Waals surface area contributed by atoms with Gasteiger partial charge in [-0.25, -0.2) is 8.78 Å². The minimum atomic E-state index is -2.80. The third-order valence-corrected chi connectivity index (χ3v) is 2.50. The van der Waals surface area contributed by atoms with Crippen molar-refractivity contribution < 1.29 is 18.7 Å². The van der Waals surface area contributed by atoms with Crippen molar-refractivity contribution >= 4 is 21.9 Å². The van der Waals surface area contributed by atoms with Crippen molar-refractivity contribution in [2.24, 2.45) is 0 Å². The van der Waals surface area contributed by atoms with Crippen molar-refractivity contribution in [3.8, 4) is 0 Å². The van der Waals surface area contributed by atoms with Crippen LogP contribution in [0.1, 0.15) is 23.2 Å². The Labute approximate surface area is 97.4 Å². The summed E-state index contributed by atoms with van der Waals surface area (Å²) >= 11 is 2.93. The molecule has 1 heterocycles. The molecular weight excluding hydrogens is 288 g/mol. The molecule has 2 N–H and O–H groups in total. The van der Waals surface area contributed by atoms with Crippen molar-refractivity contribution in [1.82, 2.24) is 4.98 Å². The molecule has 0 saturated heterocycles. The largest absolute Gasteiger partial charge is 0.481 e. The molecule has 16 heavy (non-hydrogen) atoms. The van der Waals surface area contributed by atoms with Gasteiger partial charge in [0.1, 0.15) is 0 Å². The van der Waals surface area contributed by atoms with Crippen LogP contribution < -0.4 is 5.56 Å². The maximum Gasteiger partial charge on any atom is 0.309 e. The molecule has 0 spiro atoms. The normalized spacial score (nSPS) is 10.8. The molecule has 0 amide bonds. The second-order valence-corrected chi connectivity index (χ2v) is 3.62. The number of hydrogen-bond donors (Lipinski definition) is 2. The van der Waals surface area contributed by atoms with E-state index in [0.717, 1.165) is 6.07 Å². The number of pyridine rings is 1. The average molecular weight is 296 g/mol. The number of aromatic amines is 1. The summed E-state index contributed by atoms with van der Waals surface area (Å²) in [6.07, 6.45) is -3.29. The number of hydrogen-bond acceptors (Lipinski definition) is 2. The fourth-order valence-electron chi connectivity index (χ4n) is 1.25. The number of alkyl halides is 3. The van der Waals surface area contributed by atoms with E-state index in [4.69, 9.17) is 5.11 Å². The Bertz CT molecular complexity index is 459. The number of carbonyl (C=O) groups is 1. The summed E-state index contributed by atoms with van der Waals surface area (Å²) in [6, 6.07) is 1.01. The molecule has 7 heteroatoms. The van der Waals surface area contributed by atoms with Gasteiger partial charge in [0.05, 0.1) is 6.42 Å². The molecule has 0 aromatic carbocycles. The Morgan fingerprint density at radius 3 is 2.62 bits per heavy atom. The topological polar surface area (TPSA) is 70.2 Å². The first kappa shape index (κ1) is 12.8. The van der Waals surface area contributed by atoms with Crippen molar-refractivity contribution in [3.05, 3.63) is 33.2 Å². The van der Waals surface area contributed by atoms with Crippen LogP contribution in [0.4, 0.5) is 8.78 Å². The molecule has 0 fully saturated rings. The minimum absolute atomic E-state index is 0.00461. The summed E-state index contributed by atoms with van der Waals surface area (Å²) in [5.74, 6) is -1.19. The van der Waals surface area contributed by atoms with Gasteiger partial charge in [-0.3, -0.25) is 9.59 Å². The third kappa shape index (κ3) is 2.88. The first-order chi connectivity index (χ1) is 7.45. The van der Waals surface area contributed by atoms with E-state index in [2.05, 4.69) is 20.9 Å². The van der Waals surface area contributed by atoms with Crippen LogP contribution in [-0.2, 0) is 16.5 Å². The van der Waals surface area contributed by atoms with Crippen molar-refractivity contribution in [2.45, 2.75) is 18.2 Å². The lowest BCUT2D eigenvalue weighted by Crippen LogP contribution is -2.18. The summed E-state index contributed by atoms with van der Waals surface area (Å²) in [5.41, 5.74) is -1.23. The van der Waals surface area contributed by atoms with Crippen LogP contribution >= 0.6 is 15.9 Å². The van der Waals surface area contributed by atoms with Gasteiger partial charge in [0.15, 0.2) is 0 Å². The molecule has 0 saturated carbocycles. The van der Waals surface area contributed by atoms with E-state index in [0.29, 0.717) is 0 Å². The van der Waals surface area contributed by atoms with Gasteiger partial charge >= 0.3 is 5.97 Å². The molecule has 0 radical (unpaired) electrons. The summed E-state index contributed by atoms with van der Waals surface area (Å²) in [7, 11) is 0. The van der Waals surface area contributed by atoms with Gasteiger partial charge in [-0.05, 0) is 6.07 Å². The Morgan fingerprint density at radius 2 is 2.19 bits per heavy atom. The monoisotopic (exact) mass is 295 g/mol. The highest BCUT2D eigenvalue weighted by Gasteiger charge is 2.17. The van der Waals surface area contributed by atoms with E-state index in [1.54, 1.807) is 0 Å². The molecule has 0 aliphatic carbocycles. The van der Waals surface area contributed by atoms with Crippen molar-refractivity contribution in [1.29, 1.82) is 0 Å². The standard InChI is InChI=1S/C9H8BrF2NO3/c10-3-6-5(8(11)12)1-4(2-7(14)15)13-9(6)16/h1,8H,2-3H2,(H,13,16)(H,14,15). The Morgan fingerprint density at radius 1 is 1.56 bits per heavy atom. The van der Waals surface area contributed by atoms with Gasteiger partial charge in [-0.2, -0.15) is 0 Å². The lowest BCUT2D eigenvalue weighted by molar-refractivity contribution is -0.136. The van der Waals surface area contributed by atoms with Gasteiger partial charge < -0.3 is 10.1 Å². The first-order valence-electron chi connectivity index (χ1n) is 4.26. The van der Waals surface area contributed by atoms with Crippen LogP contribution in [0, 0.1) is 0 Å². The molecule has 4 nitrogen and oxygen atoms in total.